The van der Waals surface area contributed by atoms with Crippen LogP contribution in [0, 0.1) is 0 Å². The summed E-state index contributed by atoms with van der Waals surface area (Å²) in [6.07, 6.45) is 0. The van der Waals surface area contributed by atoms with Gasteiger partial charge in [-0.1, -0.05) is 140 Å². The molecule has 2 heteroatoms. The lowest BCUT2D eigenvalue weighted by atomic mass is 9.95. The Labute approximate surface area is 270 Å². The normalized spacial score (nSPS) is 11.9. The summed E-state index contributed by atoms with van der Waals surface area (Å²) in [5.74, 6) is 0. The number of hydrogen-bond acceptors (Lipinski definition) is 1. The van der Waals surface area contributed by atoms with Gasteiger partial charge >= 0.3 is 0 Å². The highest BCUT2D eigenvalue weighted by molar-refractivity contribution is 7.27. The van der Waals surface area contributed by atoms with Crippen LogP contribution in [0.25, 0.3) is 91.5 Å². The van der Waals surface area contributed by atoms with Gasteiger partial charge < -0.3 is 4.57 Å². The minimum atomic E-state index is 1.18. The van der Waals surface area contributed by atoms with Crippen LogP contribution in [0.1, 0.15) is 0 Å². The van der Waals surface area contributed by atoms with E-state index in [4.69, 9.17) is 0 Å². The molecule has 46 heavy (non-hydrogen) atoms. The fourth-order valence-electron chi connectivity index (χ4n) is 7.60. The molecule has 0 radical (unpaired) electrons. The van der Waals surface area contributed by atoms with Crippen molar-refractivity contribution in [3.05, 3.63) is 164 Å². The van der Waals surface area contributed by atoms with Crippen LogP contribution in [0.3, 0.4) is 0 Å². The molecule has 1 nitrogen and oxygen atoms in total. The van der Waals surface area contributed by atoms with Gasteiger partial charge in [0.25, 0.3) is 0 Å². The van der Waals surface area contributed by atoms with Gasteiger partial charge in [-0.25, -0.2) is 0 Å². The van der Waals surface area contributed by atoms with Crippen LogP contribution in [-0.4, -0.2) is 4.57 Å². The minimum Gasteiger partial charge on any atom is -0.309 e. The number of fused-ring (bicyclic) bond motifs is 11. The largest absolute Gasteiger partial charge is 0.309 e. The molecule has 0 N–H and O–H groups in total. The Hall–Kier alpha value is -5.70. The third kappa shape index (κ3) is 3.62. The zero-order chi connectivity index (χ0) is 30.2. The lowest BCUT2D eigenvalue weighted by molar-refractivity contribution is 1.18. The summed E-state index contributed by atoms with van der Waals surface area (Å²) in [7, 11) is 0. The number of benzene rings is 8. The van der Waals surface area contributed by atoms with E-state index in [9.17, 15) is 0 Å². The summed E-state index contributed by atoms with van der Waals surface area (Å²) in [6, 6.07) is 59.9. The monoisotopic (exact) mass is 601 g/mol. The first kappa shape index (κ1) is 25.6. The molecule has 8 aromatic carbocycles. The van der Waals surface area contributed by atoms with Crippen molar-refractivity contribution >= 4 is 74.9 Å². The molecule has 0 amide bonds. The third-order valence-electron chi connectivity index (χ3n) is 9.59. The second kappa shape index (κ2) is 9.90. The van der Waals surface area contributed by atoms with Crippen molar-refractivity contribution in [1.29, 1.82) is 0 Å². The van der Waals surface area contributed by atoms with Crippen LogP contribution in [0.2, 0.25) is 0 Å². The lowest BCUT2D eigenvalue weighted by Crippen LogP contribution is -1.92. The average molecular weight is 602 g/mol. The Kier molecular flexibility index (Phi) is 5.51. The molecule has 0 saturated carbocycles. The summed E-state index contributed by atoms with van der Waals surface area (Å²) >= 11 is 1.93. The summed E-state index contributed by atoms with van der Waals surface area (Å²) in [5.41, 5.74) is 8.65. The first-order chi connectivity index (χ1) is 22.8. The second-order valence-corrected chi connectivity index (χ2v) is 13.1. The van der Waals surface area contributed by atoms with Gasteiger partial charge in [0, 0.05) is 42.0 Å². The number of hydrogen-bond donors (Lipinski definition) is 0. The van der Waals surface area contributed by atoms with E-state index in [2.05, 4.69) is 168 Å². The predicted molar refractivity (Wildman–Crippen MR) is 200 cm³/mol. The van der Waals surface area contributed by atoms with E-state index in [1.807, 2.05) is 11.3 Å². The van der Waals surface area contributed by atoms with Gasteiger partial charge in [0.05, 0.1) is 11.0 Å². The van der Waals surface area contributed by atoms with Crippen LogP contribution < -0.4 is 0 Å². The minimum absolute atomic E-state index is 1.18. The molecule has 0 unspecified atom stereocenters. The van der Waals surface area contributed by atoms with Crippen molar-refractivity contribution < 1.29 is 0 Å². The maximum absolute atomic E-state index is 2.39. The third-order valence-corrected chi connectivity index (χ3v) is 10.9. The maximum atomic E-state index is 2.39. The van der Waals surface area contributed by atoms with Gasteiger partial charge in [0.2, 0.25) is 0 Å². The summed E-state index contributed by atoms with van der Waals surface area (Å²) < 4.78 is 5.10. The predicted octanol–water partition coefficient (Wildman–Crippen LogP) is 12.8. The molecule has 2 heterocycles. The maximum Gasteiger partial charge on any atom is 0.0547 e. The van der Waals surface area contributed by atoms with Crippen molar-refractivity contribution in [3.8, 4) is 27.9 Å². The summed E-state index contributed by atoms with van der Waals surface area (Å²) in [6.45, 7) is 0. The van der Waals surface area contributed by atoms with Crippen molar-refractivity contribution in [2.24, 2.45) is 0 Å². The van der Waals surface area contributed by atoms with Crippen molar-refractivity contribution in [3.63, 3.8) is 0 Å². The Morgan fingerprint density at radius 2 is 0.870 bits per heavy atom. The quantitative estimate of drug-likeness (QED) is 0.178. The van der Waals surface area contributed by atoms with E-state index >= 15 is 0 Å². The van der Waals surface area contributed by atoms with Crippen molar-refractivity contribution in [1.82, 2.24) is 4.57 Å². The molecular weight excluding hydrogens is 575 g/mol. The lowest BCUT2D eigenvalue weighted by Gasteiger charge is -2.10. The van der Waals surface area contributed by atoms with Gasteiger partial charge in [-0.15, -0.1) is 11.3 Å². The van der Waals surface area contributed by atoms with E-state index < -0.39 is 0 Å². The molecule has 10 rings (SSSR count). The molecule has 0 saturated heterocycles. The van der Waals surface area contributed by atoms with Gasteiger partial charge in [0.15, 0.2) is 0 Å². The molecule has 0 aliphatic carbocycles. The SMILES string of the molecule is c1ccc(-n2c3ccccc3c3c(-c4ccc(-c5cccc6c5sc5c7ccccc7c7ccccc7c65)cc4)cccc32)cc1. The van der Waals surface area contributed by atoms with E-state index in [1.165, 1.54) is 91.5 Å². The molecule has 0 atom stereocenters. The van der Waals surface area contributed by atoms with Gasteiger partial charge in [0.1, 0.15) is 0 Å². The molecule has 10 aromatic rings. The van der Waals surface area contributed by atoms with E-state index in [-0.39, 0.29) is 0 Å². The highest BCUT2D eigenvalue weighted by Crippen LogP contribution is 2.47. The Balaban J connectivity index is 1.17. The number of aromatic nitrogens is 1. The first-order valence-electron chi connectivity index (χ1n) is 15.8. The summed E-state index contributed by atoms with van der Waals surface area (Å²) in [5, 5.41) is 10.6. The van der Waals surface area contributed by atoms with E-state index in [0.29, 0.717) is 0 Å². The highest BCUT2D eigenvalue weighted by atomic mass is 32.1. The van der Waals surface area contributed by atoms with Crippen LogP contribution >= 0.6 is 11.3 Å². The molecule has 0 aliphatic heterocycles. The van der Waals surface area contributed by atoms with E-state index in [0.717, 1.165) is 0 Å². The number of para-hydroxylation sites is 2. The Morgan fingerprint density at radius 3 is 1.65 bits per heavy atom. The Morgan fingerprint density at radius 1 is 0.326 bits per heavy atom. The van der Waals surface area contributed by atoms with Crippen LogP contribution in [0.5, 0.6) is 0 Å². The molecule has 214 valence electrons. The standard InChI is InChI=1S/C44H27NS/c1-2-12-30(13-3-1)45-39-22-9-8-18-37(39)41-31(19-11-23-40(41)45)28-24-26-29(27-25-28)32-20-10-21-38-42-35-16-6-4-14-33(35)34-15-5-7-17-36(34)44(42)46-43(32)38/h1-27H. The Bertz CT molecular complexity index is 2780. The topological polar surface area (TPSA) is 4.93 Å². The molecule has 0 bridgehead atoms. The highest BCUT2D eigenvalue weighted by Gasteiger charge is 2.18. The average Bonchev–Trinajstić information content (AvgIpc) is 3.69. The van der Waals surface area contributed by atoms with E-state index in [1.54, 1.807) is 0 Å². The zero-order valence-electron chi connectivity index (χ0n) is 24.9. The number of rotatable bonds is 3. The molecule has 0 aliphatic rings. The van der Waals surface area contributed by atoms with Gasteiger partial charge in [-0.3, -0.25) is 0 Å². The van der Waals surface area contributed by atoms with Crippen molar-refractivity contribution in [2.45, 2.75) is 0 Å². The molecule has 0 spiro atoms. The smallest absolute Gasteiger partial charge is 0.0547 e. The molecule has 0 fully saturated rings. The molecular formula is C44H27NS. The zero-order valence-corrected chi connectivity index (χ0v) is 25.8. The number of nitrogens with zero attached hydrogens (tertiary/aromatic N) is 1. The summed E-state index contributed by atoms with van der Waals surface area (Å²) in [4.78, 5) is 0. The fraction of sp³-hybridized carbons (Fsp3) is 0. The first-order valence-corrected chi connectivity index (χ1v) is 16.6. The van der Waals surface area contributed by atoms with Crippen LogP contribution in [0.15, 0.2) is 164 Å². The second-order valence-electron chi connectivity index (χ2n) is 12.0. The fourth-order valence-corrected chi connectivity index (χ4v) is 8.99. The van der Waals surface area contributed by atoms with Gasteiger partial charge in [-0.05, 0) is 62.7 Å². The van der Waals surface area contributed by atoms with Crippen molar-refractivity contribution in [2.75, 3.05) is 0 Å². The van der Waals surface area contributed by atoms with Crippen LogP contribution in [-0.2, 0) is 0 Å². The molecule has 2 aromatic heterocycles. The number of thiophene rings is 1. The van der Waals surface area contributed by atoms with Gasteiger partial charge in [-0.2, -0.15) is 0 Å². The van der Waals surface area contributed by atoms with Crippen LogP contribution in [0.4, 0.5) is 0 Å².